The maximum atomic E-state index is 14.9. The van der Waals surface area contributed by atoms with Crippen LogP contribution in [0.1, 0.15) is 72.3 Å². The standard InChI is InChI=1S/C28H39F5N2O5/c1-8-13-38-14-9-12-28(32,33)16-34-18(4)19(23-20(29)10-11-21(30)24(23)31)15-22(25(36)39-17(2)3)35-26(37)40-27(5,6)7/h1,10-11,17-19,22,34H,9,12-16H2,2-7H3,(H,35,37). The Morgan fingerprint density at radius 1 is 1.07 bits per heavy atom. The number of esters is 1. The second-order valence-corrected chi connectivity index (χ2v) is 10.7. The van der Waals surface area contributed by atoms with Gasteiger partial charge in [0.05, 0.1) is 12.6 Å². The first-order valence-electron chi connectivity index (χ1n) is 12.9. The van der Waals surface area contributed by atoms with Crippen LogP contribution >= 0.6 is 0 Å². The molecule has 0 saturated carbocycles. The van der Waals surface area contributed by atoms with Crippen molar-refractivity contribution in [1.29, 1.82) is 0 Å². The molecule has 0 heterocycles. The van der Waals surface area contributed by atoms with E-state index < -0.39 is 90.1 Å². The van der Waals surface area contributed by atoms with Gasteiger partial charge in [-0.25, -0.2) is 31.5 Å². The van der Waals surface area contributed by atoms with Crippen molar-refractivity contribution in [1.82, 2.24) is 10.6 Å². The van der Waals surface area contributed by atoms with Crippen LogP contribution in [-0.4, -0.2) is 61.5 Å². The number of alkyl halides is 2. The summed E-state index contributed by atoms with van der Waals surface area (Å²) in [5.74, 6) is -7.41. The van der Waals surface area contributed by atoms with Crippen molar-refractivity contribution < 1.29 is 45.8 Å². The smallest absolute Gasteiger partial charge is 0.408 e. The molecule has 12 heteroatoms. The summed E-state index contributed by atoms with van der Waals surface area (Å²) in [6, 6.07) is -1.35. The maximum absolute atomic E-state index is 14.9. The lowest BCUT2D eigenvalue weighted by Gasteiger charge is -2.31. The molecule has 2 N–H and O–H groups in total. The zero-order valence-corrected chi connectivity index (χ0v) is 23.7. The number of rotatable bonds is 15. The van der Waals surface area contributed by atoms with E-state index in [0.717, 1.165) is 0 Å². The molecule has 1 amide bonds. The Bertz CT molecular complexity index is 1020. The number of nitrogens with one attached hydrogen (secondary N) is 2. The van der Waals surface area contributed by atoms with E-state index in [0.29, 0.717) is 12.1 Å². The number of halogens is 5. The monoisotopic (exact) mass is 578 g/mol. The Labute approximate surface area is 232 Å². The van der Waals surface area contributed by atoms with Gasteiger partial charge in [0.15, 0.2) is 11.6 Å². The van der Waals surface area contributed by atoms with Gasteiger partial charge >= 0.3 is 12.1 Å². The molecule has 1 aromatic rings. The van der Waals surface area contributed by atoms with E-state index in [1.54, 1.807) is 34.6 Å². The second-order valence-electron chi connectivity index (χ2n) is 10.7. The minimum absolute atomic E-state index is 0.00421. The van der Waals surface area contributed by atoms with Crippen LogP contribution in [0.4, 0.5) is 26.7 Å². The van der Waals surface area contributed by atoms with Crippen LogP contribution in [0.3, 0.4) is 0 Å². The molecule has 0 saturated heterocycles. The van der Waals surface area contributed by atoms with E-state index in [2.05, 4.69) is 16.6 Å². The van der Waals surface area contributed by atoms with Crippen molar-refractivity contribution in [3.63, 3.8) is 0 Å². The fourth-order valence-electron chi connectivity index (χ4n) is 3.79. The highest BCUT2D eigenvalue weighted by Crippen LogP contribution is 2.32. The number of hydrogen-bond acceptors (Lipinski definition) is 6. The molecule has 7 nitrogen and oxygen atoms in total. The zero-order chi connectivity index (χ0) is 30.7. The summed E-state index contributed by atoms with van der Waals surface area (Å²) in [6.45, 7) is 8.34. The number of amides is 1. The quantitative estimate of drug-likeness (QED) is 0.0945. The van der Waals surface area contributed by atoms with Gasteiger partial charge in [-0.15, -0.1) is 6.42 Å². The first-order chi connectivity index (χ1) is 18.5. The summed E-state index contributed by atoms with van der Waals surface area (Å²) >= 11 is 0. The van der Waals surface area contributed by atoms with E-state index in [9.17, 15) is 31.5 Å². The summed E-state index contributed by atoms with van der Waals surface area (Å²) in [4.78, 5) is 25.3. The van der Waals surface area contributed by atoms with E-state index in [-0.39, 0.29) is 19.6 Å². The van der Waals surface area contributed by atoms with Crippen LogP contribution in [0.5, 0.6) is 0 Å². The van der Waals surface area contributed by atoms with E-state index >= 15 is 0 Å². The number of benzene rings is 1. The minimum atomic E-state index is -3.23. The third-order valence-corrected chi connectivity index (χ3v) is 5.57. The minimum Gasteiger partial charge on any atom is -0.461 e. The fraction of sp³-hybridized carbons (Fsp3) is 0.643. The van der Waals surface area contributed by atoms with Crippen molar-refractivity contribution in [2.75, 3.05) is 19.8 Å². The zero-order valence-electron chi connectivity index (χ0n) is 23.7. The van der Waals surface area contributed by atoms with Gasteiger partial charge in [0.1, 0.15) is 24.1 Å². The molecule has 0 aliphatic rings. The average Bonchev–Trinajstić information content (AvgIpc) is 2.82. The molecule has 0 aromatic heterocycles. The number of carbonyl (C=O) groups is 2. The first kappa shape index (κ1) is 35.1. The Kier molecular flexibility index (Phi) is 13.8. The molecule has 0 aliphatic carbocycles. The lowest BCUT2D eigenvalue weighted by atomic mass is 9.85. The number of terminal acetylenes is 1. The number of carbonyl (C=O) groups excluding carboxylic acids is 2. The highest BCUT2D eigenvalue weighted by molar-refractivity contribution is 5.81. The summed E-state index contributed by atoms with van der Waals surface area (Å²) in [5, 5.41) is 4.88. The molecule has 0 aliphatic heterocycles. The van der Waals surface area contributed by atoms with Crippen LogP contribution in [0.2, 0.25) is 0 Å². The van der Waals surface area contributed by atoms with Gasteiger partial charge in [0.2, 0.25) is 0 Å². The Balaban J connectivity index is 3.28. The Morgan fingerprint density at radius 2 is 1.70 bits per heavy atom. The molecule has 3 atom stereocenters. The summed E-state index contributed by atoms with van der Waals surface area (Å²) < 4.78 is 88.4. The molecule has 40 heavy (non-hydrogen) atoms. The molecule has 0 radical (unpaired) electrons. The second kappa shape index (κ2) is 15.8. The number of alkyl carbamates (subject to hydrolysis) is 1. The van der Waals surface area contributed by atoms with E-state index in [4.69, 9.17) is 20.6 Å². The SMILES string of the molecule is C#CCOCCCC(F)(F)CNC(C)C(CC(NC(=O)OC(C)(C)C)C(=O)OC(C)C)c1c(F)ccc(F)c1F. The van der Waals surface area contributed by atoms with Crippen LogP contribution < -0.4 is 10.6 Å². The summed E-state index contributed by atoms with van der Waals surface area (Å²) in [7, 11) is 0. The van der Waals surface area contributed by atoms with Crippen molar-refractivity contribution in [2.24, 2.45) is 0 Å². The molecular weight excluding hydrogens is 539 g/mol. The van der Waals surface area contributed by atoms with Gasteiger partial charge < -0.3 is 24.8 Å². The van der Waals surface area contributed by atoms with Crippen molar-refractivity contribution >= 4 is 12.1 Å². The molecule has 1 rings (SSSR count). The van der Waals surface area contributed by atoms with Crippen LogP contribution in [-0.2, 0) is 19.0 Å². The fourth-order valence-corrected chi connectivity index (χ4v) is 3.79. The topological polar surface area (TPSA) is 85.9 Å². The predicted octanol–water partition coefficient (Wildman–Crippen LogP) is 5.47. The molecule has 0 bridgehead atoms. The average molecular weight is 579 g/mol. The summed E-state index contributed by atoms with van der Waals surface area (Å²) in [6.07, 6.45) is 2.33. The van der Waals surface area contributed by atoms with Gasteiger partial charge in [-0.2, -0.15) is 0 Å². The van der Waals surface area contributed by atoms with Gasteiger partial charge in [-0.05, 0) is 66.5 Å². The third kappa shape index (κ3) is 12.5. The van der Waals surface area contributed by atoms with Crippen molar-refractivity contribution in [2.45, 2.75) is 96.4 Å². The largest absolute Gasteiger partial charge is 0.461 e. The van der Waals surface area contributed by atoms with Gasteiger partial charge in [0, 0.05) is 30.6 Å². The third-order valence-electron chi connectivity index (χ3n) is 5.57. The van der Waals surface area contributed by atoms with E-state index in [1.165, 1.54) is 6.92 Å². The summed E-state index contributed by atoms with van der Waals surface area (Å²) in [5.41, 5.74) is -1.71. The number of ether oxygens (including phenoxy) is 3. The lowest BCUT2D eigenvalue weighted by Crippen LogP contribution is -2.48. The van der Waals surface area contributed by atoms with Crippen LogP contribution in [0.15, 0.2) is 12.1 Å². The highest BCUT2D eigenvalue weighted by atomic mass is 19.3. The Hall–Kier alpha value is -2.91. The van der Waals surface area contributed by atoms with E-state index in [1.807, 2.05) is 0 Å². The molecule has 3 unspecified atom stereocenters. The van der Waals surface area contributed by atoms with Crippen LogP contribution in [0.25, 0.3) is 0 Å². The van der Waals surface area contributed by atoms with Gasteiger partial charge in [-0.1, -0.05) is 5.92 Å². The molecule has 1 aromatic carbocycles. The van der Waals surface area contributed by atoms with Crippen molar-refractivity contribution in [3.8, 4) is 12.3 Å². The molecule has 226 valence electrons. The van der Waals surface area contributed by atoms with Gasteiger partial charge in [-0.3, -0.25) is 0 Å². The van der Waals surface area contributed by atoms with Gasteiger partial charge in [0.25, 0.3) is 5.92 Å². The molecule has 0 fully saturated rings. The number of hydrogen-bond donors (Lipinski definition) is 2. The lowest BCUT2D eigenvalue weighted by molar-refractivity contribution is -0.150. The maximum Gasteiger partial charge on any atom is 0.408 e. The molecule has 0 spiro atoms. The highest BCUT2D eigenvalue weighted by Gasteiger charge is 2.36. The Morgan fingerprint density at radius 3 is 2.27 bits per heavy atom. The van der Waals surface area contributed by atoms with Crippen LogP contribution in [0, 0.1) is 29.8 Å². The predicted molar refractivity (Wildman–Crippen MR) is 139 cm³/mol. The normalized spacial score (nSPS) is 14.3. The first-order valence-corrected chi connectivity index (χ1v) is 12.9. The van der Waals surface area contributed by atoms with Crippen molar-refractivity contribution in [3.05, 3.63) is 35.1 Å². The molecular formula is C28H39F5N2O5.